The quantitative estimate of drug-likeness (QED) is 0.789. The first-order chi connectivity index (χ1) is 10.8. The summed E-state index contributed by atoms with van der Waals surface area (Å²) < 4.78 is 0.857. The summed E-state index contributed by atoms with van der Waals surface area (Å²) >= 11 is 3.04. The highest BCUT2D eigenvalue weighted by Crippen LogP contribution is 2.31. The number of carbonyl (C=O) groups excluding carboxylic acids is 1. The lowest BCUT2D eigenvalue weighted by Crippen LogP contribution is -2.45. The predicted octanol–water partition coefficient (Wildman–Crippen LogP) is 3.59. The highest BCUT2D eigenvalue weighted by Gasteiger charge is 2.29. The van der Waals surface area contributed by atoms with Crippen molar-refractivity contribution < 1.29 is 4.79 Å². The van der Waals surface area contributed by atoms with Gasteiger partial charge in [-0.15, -0.1) is 10.2 Å². The molecule has 0 saturated carbocycles. The molecule has 1 aliphatic rings. The van der Waals surface area contributed by atoms with Gasteiger partial charge in [-0.1, -0.05) is 50.8 Å². The van der Waals surface area contributed by atoms with E-state index in [-0.39, 0.29) is 11.2 Å². The number of aromatic nitrogens is 2. The van der Waals surface area contributed by atoms with Gasteiger partial charge in [-0.2, -0.15) is 0 Å². The number of amides is 1. The van der Waals surface area contributed by atoms with Crippen molar-refractivity contribution in [2.45, 2.75) is 50.6 Å². The number of nitrogens with zero attached hydrogens (tertiary/aromatic N) is 3. The predicted molar refractivity (Wildman–Crippen MR) is 98.1 cm³/mol. The highest BCUT2D eigenvalue weighted by atomic mass is 32.2. The van der Waals surface area contributed by atoms with Crippen molar-refractivity contribution in [3.63, 3.8) is 0 Å². The molecule has 1 aromatic rings. The van der Waals surface area contributed by atoms with Crippen molar-refractivity contribution in [3.8, 4) is 0 Å². The Morgan fingerprint density at radius 2 is 1.96 bits per heavy atom. The van der Waals surface area contributed by atoms with Crippen LogP contribution in [0.4, 0.5) is 5.13 Å². The third-order valence-corrected chi connectivity index (χ3v) is 5.93. The standard InChI is InChI=1S/C16H28N4OS2/c1-10(2)7-17-15-18-19-16(23-15)22-13(5)14(21)20-8-11(3)6-12(4)9-20/h10-13H,6-9H2,1-5H3,(H,17,18). The van der Waals surface area contributed by atoms with Crippen LogP contribution in [0.5, 0.6) is 0 Å². The molecule has 3 unspecified atom stereocenters. The van der Waals surface area contributed by atoms with Crippen molar-refractivity contribution in [3.05, 3.63) is 0 Å². The van der Waals surface area contributed by atoms with Crippen LogP contribution in [0.25, 0.3) is 0 Å². The van der Waals surface area contributed by atoms with Crippen LogP contribution >= 0.6 is 23.1 Å². The van der Waals surface area contributed by atoms with E-state index >= 15 is 0 Å². The summed E-state index contributed by atoms with van der Waals surface area (Å²) in [6, 6.07) is 0. The molecule has 0 spiro atoms. The van der Waals surface area contributed by atoms with E-state index in [1.165, 1.54) is 29.5 Å². The van der Waals surface area contributed by atoms with Crippen LogP contribution in [0.1, 0.15) is 41.0 Å². The Morgan fingerprint density at radius 3 is 2.57 bits per heavy atom. The lowest BCUT2D eigenvalue weighted by molar-refractivity contribution is -0.132. The number of anilines is 1. The van der Waals surface area contributed by atoms with Crippen LogP contribution in [0.2, 0.25) is 0 Å². The van der Waals surface area contributed by atoms with Gasteiger partial charge < -0.3 is 10.2 Å². The van der Waals surface area contributed by atoms with Crippen molar-refractivity contribution in [2.24, 2.45) is 17.8 Å². The van der Waals surface area contributed by atoms with E-state index in [1.54, 1.807) is 0 Å². The molecular weight excluding hydrogens is 328 g/mol. The maximum atomic E-state index is 12.7. The third kappa shape index (κ3) is 5.64. The smallest absolute Gasteiger partial charge is 0.235 e. The largest absolute Gasteiger partial charge is 0.360 e. The molecule has 1 amide bonds. The molecule has 0 bridgehead atoms. The minimum atomic E-state index is -0.113. The Morgan fingerprint density at radius 1 is 1.30 bits per heavy atom. The molecule has 2 heterocycles. The number of nitrogens with one attached hydrogen (secondary N) is 1. The maximum Gasteiger partial charge on any atom is 0.235 e. The van der Waals surface area contributed by atoms with Gasteiger partial charge in [-0.25, -0.2) is 0 Å². The number of piperidine rings is 1. The van der Waals surface area contributed by atoms with Gasteiger partial charge in [0.1, 0.15) is 0 Å². The van der Waals surface area contributed by atoms with Gasteiger partial charge in [0.25, 0.3) is 0 Å². The Balaban J connectivity index is 1.88. The molecule has 1 aromatic heterocycles. The molecule has 7 heteroatoms. The van der Waals surface area contributed by atoms with Crippen LogP contribution < -0.4 is 5.32 Å². The van der Waals surface area contributed by atoms with Crippen LogP contribution in [0.3, 0.4) is 0 Å². The Hall–Kier alpha value is -0.820. The highest BCUT2D eigenvalue weighted by molar-refractivity contribution is 8.02. The monoisotopic (exact) mass is 356 g/mol. The number of carbonyl (C=O) groups is 1. The molecule has 1 aliphatic heterocycles. The van der Waals surface area contributed by atoms with Crippen molar-refractivity contribution in [1.82, 2.24) is 15.1 Å². The third-order valence-electron chi connectivity index (χ3n) is 3.87. The summed E-state index contributed by atoms with van der Waals surface area (Å²) in [5, 5.41) is 12.3. The zero-order valence-corrected chi connectivity index (χ0v) is 16.3. The van der Waals surface area contributed by atoms with Gasteiger partial charge in [-0.05, 0) is 31.1 Å². The molecule has 2 rings (SSSR count). The number of hydrogen-bond donors (Lipinski definition) is 1. The lowest BCUT2D eigenvalue weighted by Gasteiger charge is -2.36. The normalized spacial score (nSPS) is 23.1. The summed E-state index contributed by atoms with van der Waals surface area (Å²) in [5.41, 5.74) is 0. The fraction of sp³-hybridized carbons (Fsp3) is 0.812. The first-order valence-electron chi connectivity index (χ1n) is 8.38. The first-order valence-corrected chi connectivity index (χ1v) is 10.1. The van der Waals surface area contributed by atoms with Gasteiger partial charge in [-0.3, -0.25) is 4.79 Å². The minimum absolute atomic E-state index is 0.113. The van der Waals surface area contributed by atoms with E-state index in [4.69, 9.17) is 0 Å². The van der Waals surface area contributed by atoms with Gasteiger partial charge in [0.05, 0.1) is 5.25 Å². The molecule has 1 saturated heterocycles. The van der Waals surface area contributed by atoms with Crippen LogP contribution in [-0.4, -0.2) is 45.9 Å². The molecule has 1 fully saturated rings. The maximum absolute atomic E-state index is 12.7. The van der Waals surface area contributed by atoms with E-state index in [0.29, 0.717) is 17.8 Å². The van der Waals surface area contributed by atoms with Crippen LogP contribution in [-0.2, 0) is 4.79 Å². The first kappa shape index (κ1) is 18.5. The molecule has 3 atom stereocenters. The van der Waals surface area contributed by atoms with E-state index in [0.717, 1.165) is 29.1 Å². The summed E-state index contributed by atoms with van der Waals surface area (Å²) in [7, 11) is 0. The number of rotatable bonds is 6. The molecule has 5 nitrogen and oxygen atoms in total. The van der Waals surface area contributed by atoms with Gasteiger partial charge in [0.15, 0.2) is 4.34 Å². The summed E-state index contributed by atoms with van der Waals surface area (Å²) in [4.78, 5) is 14.7. The van der Waals surface area contributed by atoms with Crippen molar-refractivity contribution in [2.75, 3.05) is 25.0 Å². The fourth-order valence-electron chi connectivity index (χ4n) is 2.92. The minimum Gasteiger partial charge on any atom is -0.360 e. The SMILES string of the molecule is CC(C)CNc1nnc(SC(C)C(=O)N2CC(C)CC(C)C2)s1. The van der Waals surface area contributed by atoms with E-state index in [1.807, 2.05) is 11.8 Å². The molecule has 130 valence electrons. The molecule has 1 N–H and O–H groups in total. The number of likely N-dealkylation sites (tertiary alicyclic amines) is 1. The zero-order valence-electron chi connectivity index (χ0n) is 14.7. The summed E-state index contributed by atoms with van der Waals surface area (Å²) in [6.45, 7) is 13.4. The van der Waals surface area contributed by atoms with E-state index in [9.17, 15) is 4.79 Å². The van der Waals surface area contributed by atoms with Crippen molar-refractivity contribution in [1.29, 1.82) is 0 Å². The van der Waals surface area contributed by atoms with Gasteiger partial charge >= 0.3 is 0 Å². The summed E-state index contributed by atoms with van der Waals surface area (Å²) in [6.07, 6.45) is 1.21. The Bertz CT molecular complexity index is 510. The number of hydrogen-bond acceptors (Lipinski definition) is 6. The second kappa shape index (κ2) is 8.33. The molecule has 0 aliphatic carbocycles. The second-order valence-corrected chi connectivity index (χ2v) is 9.66. The topological polar surface area (TPSA) is 58.1 Å². The number of thioether (sulfide) groups is 1. The summed E-state index contributed by atoms with van der Waals surface area (Å²) in [5.74, 6) is 1.97. The molecular formula is C16H28N4OS2. The second-order valence-electron chi connectivity index (χ2n) is 7.10. The average Bonchev–Trinajstić information content (AvgIpc) is 2.90. The van der Waals surface area contributed by atoms with E-state index < -0.39 is 0 Å². The lowest BCUT2D eigenvalue weighted by atomic mass is 9.92. The molecule has 0 radical (unpaired) electrons. The van der Waals surface area contributed by atoms with E-state index in [2.05, 4.69) is 43.2 Å². The van der Waals surface area contributed by atoms with Crippen molar-refractivity contribution >= 4 is 34.1 Å². The Labute approximate surface area is 147 Å². The molecule has 23 heavy (non-hydrogen) atoms. The van der Waals surface area contributed by atoms with Gasteiger partial charge in [0.2, 0.25) is 11.0 Å². The van der Waals surface area contributed by atoms with Crippen LogP contribution in [0, 0.1) is 17.8 Å². The van der Waals surface area contributed by atoms with Crippen LogP contribution in [0.15, 0.2) is 4.34 Å². The zero-order chi connectivity index (χ0) is 17.0. The average molecular weight is 357 g/mol. The van der Waals surface area contributed by atoms with Gasteiger partial charge in [0, 0.05) is 19.6 Å². The molecule has 0 aromatic carbocycles. The fourth-order valence-corrected chi connectivity index (χ4v) is 4.91. The Kier molecular flexibility index (Phi) is 6.71.